The molecular weight excluding hydrogens is 372 g/mol. The number of furan rings is 1. The number of hydrogen-bond acceptors (Lipinski definition) is 6. The Kier molecular flexibility index (Phi) is 5.57. The van der Waals surface area contributed by atoms with Crippen molar-refractivity contribution < 1.29 is 14.0 Å². The summed E-state index contributed by atoms with van der Waals surface area (Å²) in [5.41, 5.74) is 0.856. The van der Waals surface area contributed by atoms with E-state index in [1.807, 2.05) is 46.8 Å². The molecule has 9 nitrogen and oxygen atoms in total. The molecular formula is C20H24N6O3. The second kappa shape index (κ2) is 8.44. The normalized spacial score (nSPS) is 17.4. The number of piperazine rings is 1. The maximum Gasteiger partial charge on any atom is 0.237 e. The molecule has 1 fully saturated rings. The molecule has 1 atom stereocenters. The maximum absolute atomic E-state index is 12.4. The van der Waals surface area contributed by atoms with Gasteiger partial charge in [0.15, 0.2) is 0 Å². The van der Waals surface area contributed by atoms with E-state index in [0.29, 0.717) is 38.4 Å². The van der Waals surface area contributed by atoms with Crippen LogP contribution in [-0.4, -0.2) is 56.8 Å². The van der Waals surface area contributed by atoms with Gasteiger partial charge in [-0.25, -0.2) is 9.97 Å². The van der Waals surface area contributed by atoms with Crippen molar-refractivity contribution in [2.24, 2.45) is 0 Å². The van der Waals surface area contributed by atoms with Gasteiger partial charge in [0.2, 0.25) is 17.6 Å². The van der Waals surface area contributed by atoms with Crippen LogP contribution in [0.3, 0.4) is 0 Å². The minimum atomic E-state index is -0.506. The minimum Gasteiger partial charge on any atom is -0.465 e. The SMILES string of the molecule is Cc1ccc(CN2CCNC(=O)[C@H]2CC(=O)NCCc2cn3cccnc3n2)o1. The fourth-order valence-electron chi connectivity index (χ4n) is 3.52. The van der Waals surface area contributed by atoms with E-state index in [0.717, 1.165) is 17.2 Å². The van der Waals surface area contributed by atoms with Gasteiger partial charge >= 0.3 is 0 Å². The molecule has 0 bridgehead atoms. The Morgan fingerprint density at radius 3 is 3.10 bits per heavy atom. The van der Waals surface area contributed by atoms with E-state index in [-0.39, 0.29) is 18.2 Å². The molecule has 2 amide bonds. The first-order valence-electron chi connectivity index (χ1n) is 9.71. The number of aromatic nitrogens is 3. The Morgan fingerprint density at radius 2 is 2.31 bits per heavy atom. The summed E-state index contributed by atoms with van der Waals surface area (Å²) in [5.74, 6) is 1.98. The van der Waals surface area contributed by atoms with Gasteiger partial charge in [-0.2, -0.15) is 0 Å². The molecule has 0 radical (unpaired) electrons. The minimum absolute atomic E-state index is 0.109. The molecule has 152 valence electrons. The fraction of sp³-hybridized carbons (Fsp3) is 0.400. The number of carbonyl (C=O) groups is 2. The summed E-state index contributed by atoms with van der Waals surface area (Å²) in [6.07, 6.45) is 6.18. The Labute approximate surface area is 168 Å². The van der Waals surface area contributed by atoms with E-state index in [1.54, 1.807) is 6.20 Å². The van der Waals surface area contributed by atoms with E-state index in [2.05, 4.69) is 20.6 Å². The number of amides is 2. The molecule has 4 heterocycles. The molecule has 4 rings (SSSR count). The summed E-state index contributed by atoms with van der Waals surface area (Å²) in [4.78, 5) is 35.4. The molecule has 0 unspecified atom stereocenters. The van der Waals surface area contributed by atoms with Gasteiger partial charge in [0.05, 0.1) is 24.7 Å². The average molecular weight is 396 g/mol. The molecule has 1 saturated heterocycles. The van der Waals surface area contributed by atoms with Crippen LogP contribution in [-0.2, 0) is 22.6 Å². The molecule has 29 heavy (non-hydrogen) atoms. The zero-order valence-corrected chi connectivity index (χ0v) is 16.3. The number of carbonyl (C=O) groups excluding carboxylic acids is 2. The Morgan fingerprint density at radius 1 is 1.41 bits per heavy atom. The topological polar surface area (TPSA) is 105 Å². The predicted octanol–water partition coefficient (Wildman–Crippen LogP) is 0.680. The summed E-state index contributed by atoms with van der Waals surface area (Å²) >= 11 is 0. The van der Waals surface area contributed by atoms with Crippen LogP contribution in [0.4, 0.5) is 0 Å². The summed E-state index contributed by atoms with van der Waals surface area (Å²) < 4.78 is 7.47. The Bertz CT molecular complexity index is 977. The highest BCUT2D eigenvalue weighted by Gasteiger charge is 2.32. The molecule has 0 saturated carbocycles. The average Bonchev–Trinajstić information content (AvgIpc) is 3.30. The maximum atomic E-state index is 12.4. The Hall–Kier alpha value is -3.20. The number of hydrogen-bond donors (Lipinski definition) is 2. The number of fused-ring (bicyclic) bond motifs is 1. The van der Waals surface area contributed by atoms with E-state index in [9.17, 15) is 9.59 Å². The van der Waals surface area contributed by atoms with Crippen molar-refractivity contribution >= 4 is 17.6 Å². The molecule has 1 aliphatic rings. The predicted molar refractivity (Wildman–Crippen MR) is 105 cm³/mol. The number of rotatable bonds is 7. The van der Waals surface area contributed by atoms with Gasteiger partial charge < -0.3 is 15.1 Å². The van der Waals surface area contributed by atoms with Crippen LogP contribution in [0.2, 0.25) is 0 Å². The Balaban J connectivity index is 1.30. The summed E-state index contributed by atoms with van der Waals surface area (Å²) in [6.45, 7) is 4.09. The molecule has 3 aromatic rings. The van der Waals surface area contributed by atoms with Crippen LogP contribution in [0.1, 0.15) is 23.6 Å². The van der Waals surface area contributed by atoms with Gasteiger partial charge in [0.25, 0.3) is 0 Å². The first-order valence-corrected chi connectivity index (χ1v) is 9.71. The lowest BCUT2D eigenvalue weighted by molar-refractivity contribution is -0.134. The molecule has 0 aromatic carbocycles. The zero-order chi connectivity index (χ0) is 20.2. The number of nitrogens with one attached hydrogen (secondary N) is 2. The van der Waals surface area contributed by atoms with Gasteiger partial charge in [-0.05, 0) is 25.1 Å². The standard InChI is InChI=1S/C20H24N6O3/c1-14-3-4-16(29-14)13-25-10-8-22-19(28)17(25)11-18(27)21-7-5-15-12-26-9-2-6-23-20(26)24-15/h2-4,6,9,12,17H,5,7-8,10-11,13H2,1H3,(H,21,27)(H,22,28)/t17-/m1/s1. The number of aryl methyl sites for hydroxylation is 1. The quantitative estimate of drug-likeness (QED) is 0.609. The first kappa shape index (κ1) is 19.1. The fourth-order valence-corrected chi connectivity index (χ4v) is 3.52. The second-order valence-corrected chi connectivity index (χ2v) is 7.15. The first-order chi connectivity index (χ1) is 14.1. The lowest BCUT2D eigenvalue weighted by atomic mass is 10.1. The van der Waals surface area contributed by atoms with Crippen LogP contribution in [0, 0.1) is 6.92 Å². The van der Waals surface area contributed by atoms with Crippen molar-refractivity contribution in [1.29, 1.82) is 0 Å². The zero-order valence-electron chi connectivity index (χ0n) is 16.3. The van der Waals surface area contributed by atoms with Crippen molar-refractivity contribution in [2.75, 3.05) is 19.6 Å². The lowest BCUT2D eigenvalue weighted by Gasteiger charge is -2.34. The largest absolute Gasteiger partial charge is 0.465 e. The van der Waals surface area contributed by atoms with Crippen molar-refractivity contribution in [3.8, 4) is 0 Å². The number of imidazole rings is 1. The highest BCUT2D eigenvalue weighted by Crippen LogP contribution is 2.16. The van der Waals surface area contributed by atoms with Crippen LogP contribution in [0.15, 0.2) is 41.2 Å². The smallest absolute Gasteiger partial charge is 0.237 e. The third kappa shape index (κ3) is 4.62. The van der Waals surface area contributed by atoms with Crippen LogP contribution < -0.4 is 10.6 Å². The summed E-state index contributed by atoms with van der Waals surface area (Å²) in [5, 5.41) is 5.74. The van der Waals surface area contributed by atoms with Gasteiger partial charge in [0, 0.05) is 44.6 Å². The van der Waals surface area contributed by atoms with Gasteiger partial charge in [-0.3, -0.25) is 18.9 Å². The number of nitrogens with zero attached hydrogens (tertiary/aromatic N) is 4. The monoisotopic (exact) mass is 396 g/mol. The molecule has 2 N–H and O–H groups in total. The van der Waals surface area contributed by atoms with E-state index in [1.165, 1.54) is 0 Å². The summed E-state index contributed by atoms with van der Waals surface area (Å²) in [6, 6.07) is 5.14. The van der Waals surface area contributed by atoms with Crippen LogP contribution in [0.5, 0.6) is 0 Å². The van der Waals surface area contributed by atoms with E-state index in [4.69, 9.17) is 4.42 Å². The van der Waals surface area contributed by atoms with Gasteiger partial charge in [0.1, 0.15) is 11.5 Å². The molecule has 1 aliphatic heterocycles. The van der Waals surface area contributed by atoms with Crippen LogP contribution in [0.25, 0.3) is 5.78 Å². The highest BCUT2D eigenvalue weighted by atomic mass is 16.3. The molecule has 3 aromatic heterocycles. The van der Waals surface area contributed by atoms with Crippen molar-refractivity contribution in [3.63, 3.8) is 0 Å². The lowest BCUT2D eigenvalue weighted by Crippen LogP contribution is -2.56. The van der Waals surface area contributed by atoms with Crippen molar-refractivity contribution in [2.45, 2.75) is 32.4 Å². The molecule has 0 aliphatic carbocycles. The van der Waals surface area contributed by atoms with E-state index < -0.39 is 6.04 Å². The third-order valence-corrected chi connectivity index (χ3v) is 4.96. The van der Waals surface area contributed by atoms with Gasteiger partial charge in [-0.15, -0.1) is 0 Å². The third-order valence-electron chi connectivity index (χ3n) is 4.96. The second-order valence-electron chi connectivity index (χ2n) is 7.15. The van der Waals surface area contributed by atoms with Crippen LogP contribution >= 0.6 is 0 Å². The van der Waals surface area contributed by atoms with Crippen molar-refractivity contribution in [3.05, 3.63) is 54.0 Å². The molecule has 9 heteroatoms. The van der Waals surface area contributed by atoms with Gasteiger partial charge in [-0.1, -0.05) is 0 Å². The molecule has 0 spiro atoms. The van der Waals surface area contributed by atoms with Crippen molar-refractivity contribution in [1.82, 2.24) is 29.9 Å². The van der Waals surface area contributed by atoms with E-state index >= 15 is 0 Å². The summed E-state index contributed by atoms with van der Waals surface area (Å²) in [7, 11) is 0. The highest BCUT2D eigenvalue weighted by molar-refractivity contribution is 5.88.